The van der Waals surface area contributed by atoms with Crippen LogP contribution in [0.3, 0.4) is 0 Å². The molecule has 0 radical (unpaired) electrons. The Bertz CT molecular complexity index is 305. The molecule has 0 spiro atoms. The van der Waals surface area contributed by atoms with Crippen LogP contribution >= 0.6 is 12.2 Å². The highest BCUT2D eigenvalue weighted by Gasteiger charge is 2.27. The van der Waals surface area contributed by atoms with Crippen LogP contribution in [-0.4, -0.2) is 48.3 Å². The number of thiocarbonyl (C=S) groups is 1. The van der Waals surface area contributed by atoms with Gasteiger partial charge in [0.05, 0.1) is 17.6 Å². The predicted molar refractivity (Wildman–Crippen MR) is 68.8 cm³/mol. The maximum absolute atomic E-state index is 12.0. The van der Waals surface area contributed by atoms with Gasteiger partial charge in [0.15, 0.2) is 0 Å². The first kappa shape index (κ1) is 12.6. The fourth-order valence-electron chi connectivity index (χ4n) is 2.31. The summed E-state index contributed by atoms with van der Waals surface area (Å²) in [4.78, 5) is 14.3. The van der Waals surface area contributed by atoms with E-state index in [9.17, 15) is 4.79 Å². The smallest absolute Gasteiger partial charge is 0.317 e. The Morgan fingerprint density at radius 3 is 2.94 bits per heavy atom. The van der Waals surface area contributed by atoms with Gasteiger partial charge in [0.2, 0.25) is 0 Å². The normalized spacial score (nSPS) is 29.1. The van der Waals surface area contributed by atoms with Gasteiger partial charge in [-0.2, -0.15) is 0 Å². The van der Waals surface area contributed by atoms with Crippen LogP contribution in [0.4, 0.5) is 4.79 Å². The minimum Gasteiger partial charge on any atom is -0.393 e. The van der Waals surface area contributed by atoms with E-state index in [2.05, 4.69) is 5.32 Å². The number of carbonyl (C=O) groups is 1. The van der Waals surface area contributed by atoms with Crippen LogP contribution in [0.1, 0.15) is 19.3 Å². The lowest BCUT2D eigenvalue weighted by molar-refractivity contribution is 0.166. The average Bonchev–Trinajstić information content (AvgIpc) is 2.82. The topological polar surface area (TPSA) is 67.6 Å². The second kappa shape index (κ2) is 5.64. The number of hydrogen-bond donors (Lipinski definition) is 2. The number of carbonyl (C=O) groups excluding carboxylic acids is 1. The maximum atomic E-state index is 12.0. The van der Waals surface area contributed by atoms with Crippen molar-refractivity contribution in [2.24, 2.45) is 11.7 Å². The van der Waals surface area contributed by atoms with Crippen LogP contribution in [0.25, 0.3) is 0 Å². The van der Waals surface area contributed by atoms with Crippen molar-refractivity contribution < 1.29 is 9.53 Å². The molecule has 2 aliphatic heterocycles. The Labute approximate surface area is 107 Å². The van der Waals surface area contributed by atoms with Gasteiger partial charge in [-0.05, 0) is 19.3 Å². The number of nitrogens with one attached hydrogen (secondary N) is 1. The van der Waals surface area contributed by atoms with Crippen LogP contribution in [0, 0.1) is 5.92 Å². The van der Waals surface area contributed by atoms with Crippen molar-refractivity contribution in [1.29, 1.82) is 0 Å². The van der Waals surface area contributed by atoms with E-state index in [0.717, 1.165) is 32.4 Å². The summed E-state index contributed by atoms with van der Waals surface area (Å²) in [6, 6.07) is 0.147. The summed E-state index contributed by atoms with van der Waals surface area (Å²) in [5, 5.41) is 2.99. The third kappa shape index (κ3) is 3.29. The molecule has 2 rings (SSSR count). The van der Waals surface area contributed by atoms with Gasteiger partial charge in [0.1, 0.15) is 0 Å². The summed E-state index contributed by atoms with van der Waals surface area (Å²) in [5.74, 6) is 0.171. The number of ether oxygens (including phenoxy) is 1. The maximum Gasteiger partial charge on any atom is 0.317 e. The lowest BCUT2D eigenvalue weighted by atomic mass is 9.98. The fourth-order valence-corrected chi connectivity index (χ4v) is 2.50. The Kier molecular flexibility index (Phi) is 4.17. The van der Waals surface area contributed by atoms with E-state index in [1.165, 1.54) is 0 Å². The van der Waals surface area contributed by atoms with Crippen LogP contribution in [0.5, 0.6) is 0 Å². The van der Waals surface area contributed by atoms with Gasteiger partial charge in [0, 0.05) is 25.6 Å². The van der Waals surface area contributed by atoms with Crippen molar-refractivity contribution in [2.75, 3.05) is 26.3 Å². The molecule has 0 aromatic rings. The number of rotatable bonds is 2. The SMILES string of the molecule is NC(=S)C1CCCN(C(=O)NC2CCOC2)C1. The quantitative estimate of drug-likeness (QED) is 0.706. The summed E-state index contributed by atoms with van der Waals surface area (Å²) in [6.07, 6.45) is 2.86. The number of urea groups is 1. The van der Waals surface area contributed by atoms with E-state index in [1.54, 1.807) is 0 Å². The molecule has 2 unspecified atom stereocenters. The minimum atomic E-state index is -0.0125. The monoisotopic (exact) mass is 257 g/mol. The number of likely N-dealkylation sites (tertiary alicyclic amines) is 1. The minimum absolute atomic E-state index is 0.0125. The highest BCUT2D eigenvalue weighted by molar-refractivity contribution is 7.80. The first-order chi connectivity index (χ1) is 8.16. The summed E-state index contributed by atoms with van der Waals surface area (Å²) in [5.41, 5.74) is 5.65. The second-order valence-electron chi connectivity index (χ2n) is 4.70. The zero-order chi connectivity index (χ0) is 12.3. The number of piperidine rings is 1. The van der Waals surface area contributed by atoms with Crippen molar-refractivity contribution in [1.82, 2.24) is 10.2 Å². The van der Waals surface area contributed by atoms with Gasteiger partial charge in [-0.15, -0.1) is 0 Å². The van der Waals surface area contributed by atoms with Crippen molar-refractivity contribution >= 4 is 23.2 Å². The number of nitrogens with zero attached hydrogens (tertiary/aromatic N) is 1. The van der Waals surface area contributed by atoms with Crippen molar-refractivity contribution in [2.45, 2.75) is 25.3 Å². The molecular formula is C11H19N3O2S. The van der Waals surface area contributed by atoms with Gasteiger partial charge in [-0.3, -0.25) is 0 Å². The van der Waals surface area contributed by atoms with E-state index in [-0.39, 0.29) is 18.0 Å². The first-order valence-electron chi connectivity index (χ1n) is 6.09. The van der Waals surface area contributed by atoms with E-state index >= 15 is 0 Å². The molecule has 2 saturated heterocycles. The van der Waals surface area contributed by atoms with Crippen LogP contribution in [0.2, 0.25) is 0 Å². The lowest BCUT2D eigenvalue weighted by Gasteiger charge is -2.32. The number of amides is 2. The highest BCUT2D eigenvalue weighted by Crippen LogP contribution is 2.17. The molecule has 6 heteroatoms. The molecule has 0 saturated carbocycles. The average molecular weight is 257 g/mol. The molecule has 5 nitrogen and oxygen atoms in total. The molecule has 0 aliphatic carbocycles. The molecule has 0 aromatic heterocycles. The third-order valence-electron chi connectivity index (χ3n) is 3.37. The van der Waals surface area contributed by atoms with Crippen LogP contribution < -0.4 is 11.1 Å². The molecule has 17 heavy (non-hydrogen) atoms. The van der Waals surface area contributed by atoms with Gasteiger partial charge in [-0.1, -0.05) is 12.2 Å². The first-order valence-corrected chi connectivity index (χ1v) is 6.50. The third-order valence-corrected chi connectivity index (χ3v) is 3.70. The zero-order valence-electron chi connectivity index (χ0n) is 9.85. The molecule has 96 valence electrons. The van der Waals surface area contributed by atoms with Crippen molar-refractivity contribution in [3.63, 3.8) is 0 Å². The Hall–Kier alpha value is -0.880. The predicted octanol–water partition coefficient (Wildman–Crippen LogP) is 0.483. The van der Waals surface area contributed by atoms with Gasteiger partial charge < -0.3 is 20.7 Å². The van der Waals surface area contributed by atoms with Crippen LogP contribution in [0.15, 0.2) is 0 Å². The van der Waals surface area contributed by atoms with Gasteiger partial charge in [0.25, 0.3) is 0 Å². The molecule has 2 fully saturated rings. The summed E-state index contributed by atoms with van der Waals surface area (Å²) in [7, 11) is 0. The molecule has 0 bridgehead atoms. The molecule has 2 amide bonds. The van der Waals surface area contributed by atoms with E-state index < -0.39 is 0 Å². The number of nitrogens with two attached hydrogens (primary N) is 1. The molecule has 2 aliphatic rings. The highest BCUT2D eigenvalue weighted by atomic mass is 32.1. The van der Waals surface area contributed by atoms with E-state index in [0.29, 0.717) is 18.1 Å². The molecule has 3 N–H and O–H groups in total. The Morgan fingerprint density at radius 2 is 2.29 bits per heavy atom. The second-order valence-corrected chi connectivity index (χ2v) is 5.17. The number of hydrogen-bond acceptors (Lipinski definition) is 3. The Balaban J connectivity index is 1.83. The summed E-state index contributed by atoms with van der Waals surface area (Å²) < 4.78 is 5.23. The zero-order valence-corrected chi connectivity index (χ0v) is 10.7. The standard InChI is InChI=1S/C11H19N3O2S/c12-10(17)8-2-1-4-14(6-8)11(15)13-9-3-5-16-7-9/h8-9H,1-7H2,(H2,12,17)(H,13,15). The van der Waals surface area contributed by atoms with Crippen LogP contribution in [-0.2, 0) is 4.74 Å². The summed E-state index contributed by atoms with van der Waals surface area (Å²) in [6.45, 7) is 2.80. The largest absolute Gasteiger partial charge is 0.393 e. The lowest BCUT2D eigenvalue weighted by Crippen LogP contribution is -2.50. The molecule has 2 atom stereocenters. The van der Waals surface area contributed by atoms with Crippen molar-refractivity contribution in [3.05, 3.63) is 0 Å². The molecular weight excluding hydrogens is 238 g/mol. The van der Waals surface area contributed by atoms with E-state index in [1.807, 2.05) is 4.90 Å². The summed E-state index contributed by atoms with van der Waals surface area (Å²) >= 11 is 5.00. The van der Waals surface area contributed by atoms with Gasteiger partial charge in [-0.25, -0.2) is 4.79 Å². The van der Waals surface area contributed by atoms with Gasteiger partial charge >= 0.3 is 6.03 Å². The molecule has 2 heterocycles. The van der Waals surface area contributed by atoms with E-state index in [4.69, 9.17) is 22.7 Å². The van der Waals surface area contributed by atoms with Crippen molar-refractivity contribution in [3.8, 4) is 0 Å². The Morgan fingerprint density at radius 1 is 1.47 bits per heavy atom. The molecule has 0 aromatic carbocycles. The fraction of sp³-hybridized carbons (Fsp3) is 0.818.